The van der Waals surface area contributed by atoms with Gasteiger partial charge in [-0.1, -0.05) is 36.4 Å². The Morgan fingerprint density at radius 1 is 1.23 bits per heavy atom. The van der Waals surface area contributed by atoms with Crippen molar-refractivity contribution < 1.29 is 9.90 Å². The number of nitrogens with zero attached hydrogens (tertiary/aromatic N) is 1. The summed E-state index contributed by atoms with van der Waals surface area (Å²) >= 11 is 0. The number of benzene rings is 2. The highest BCUT2D eigenvalue weighted by Gasteiger charge is 2.38. The van der Waals surface area contributed by atoms with Gasteiger partial charge in [0.1, 0.15) is 5.75 Å². The first-order valence-electron chi connectivity index (χ1n) is 7.39. The number of phenols is 1. The molecule has 2 unspecified atom stereocenters. The van der Waals surface area contributed by atoms with Gasteiger partial charge in [-0.15, -0.1) is 6.58 Å². The standard InChI is InChI=1S/C19H19NO2/c1-3-6-15(13-9-11-14(21)12-10-13)18-16-7-4-5-8-17(16)19(22)20(18)2/h3-5,7-12,15,18,21H,1,6H2,2H3. The number of carbonyl (C=O) groups is 1. The van der Waals surface area contributed by atoms with Gasteiger partial charge < -0.3 is 10.0 Å². The van der Waals surface area contributed by atoms with E-state index in [0.717, 1.165) is 23.1 Å². The van der Waals surface area contributed by atoms with Gasteiger partial charge in [-0.2, -0.15) is 0 Å². The molecule has 0 spiro atoms. The van der Waals surface area contributed by atoms with Crippen LogP contribution < -0.4 is 0 Å². The van der Waals surface area contributed by atoms with Crippen molar-refractivity contribution in [2.24, 2.45) is 0 Å². The van der Waals surface area contributed by atoms with Gasteiger partial charge in [-0.05, 0) is 35.7 Å². The Balaban J connectivity index is 2.07. The van der Waals surface area contributed by atoms with E-state index in [1.807, 2.05) is 54.4 Å². The van der Waals surface area contributed by atoms with Crippen LogP contribution in [-0.2, 0) is 0 Å². The Morgan fingerprint density at radius 3 is 2.59 bits per heavy atom. The van der Waals surface area contributed by atoms with Gasteiger partial charge in [0.05, 0.1) is 6.04 Å². The quantitative estimate of drug-likeness (QED) is 0.869. The molecule has 0 aliphatic carbocycles. The summed E-state index contributed by atoms with van der Waals surface area (Å²) in [7, 11) is 1.85. The van der Waals surface area contributed by atoms with Crippen molar-refractivity contribution >= 4 is 5.91 Å². The molecule has 0 fully saturated rings. The summed E-state index contributed by atoms with van der Waals surface area (Å²) in [4.78, 5) is 14.3. The normalized spacial score (nSPS) is 18.1. The average molecular weight is 293 g/mol. The number of amides is 1. The zero-order chi connectivity index (χ0) is 15.7. The van der Waals surface area contributed by atoms with Gasteiger partial charge in [0.25, 0.3) is 5.91 Å². The average Bonchev–Trinajstić information content (AvgIpc) is 2.78. The molecule has 0 radical (unpaired) electrons. The minimum absolute atomic E-state index is 0.00811. The minimum Gasteiger partial charge on any atom is -0.508 e. The number of rotatable bonds is 4. The van der Waals surface area contributed by atoms with E-state index in [2.05, 4.69) is 6.58 Å². The summed E-state index contributed by atoms with van der Waals surface area (Å²) in [6.45, 7) is 3.86. The molecular formula is C19H19NO2. The Kier molecular flexibility index (Phi) is 3.72. The smallest absolute Gasteiger partial charge is 0.254 e. The molecule has 3 nitrogen and oxygen atoms in total. The summed E-state index contributed by atoms with van der Waals surface area (Å²) in [6, 6.07) is 15.0. The monoisotopic (exact) mass is 293 g/mol. The van der Waals surface area contributed by atoms with Crippen molar-refractivity contribution in [2.75, 3.05) is 7.05 Å². The molecule has 1 amide bonds. The van der Waals surface area contributed by atoms with Crippen LogP contribution in [0.1, 0.15) is 39.9 Å². The lowest BCUT2D eigenvalue weighted by Gasteiger charge is -2.29. The number of carbonyl (C=O) groups excluding carboxylic acids is 1. The highest BCUT2D eigenvalue weighted by Crippen LogP contribution is 2.44. The Bertz CT molecular complexity index is 706. The van der Waals surface area contributed by atoms with Crippen LogP contribution in [0.3, 0.4) is 0 Å². The highest BCUT2D eigenvalue weighted by atomic mass is 16.3. The van der Waals surface area contributed by atoms with E-state index in [-0.39, 0.29) is 23.6 Å². The number of hydrogen-bond acceptors (Lipinski definition) is 2. The van der Waals surface area contributed by atoms with Gasteiger partial charge in [-0.3, -0.25) is 4.79 Å². The molecule has 2 atom stereocenters. The lowest BCUT2D eigenvalue weighted by atomic mass is 9.84. The third kappa shape index (κ3) is 2.29. The van der Waals surface area contributed by atoms with Gasteiger partial charge in [0, 0.05) is 18.5 Å². The van der Waals surface area contributed by atoms with Gasteiger partial charge in [0.15, 0.2) is 0 Å². The van der Waals surface area contributed by atoms with Crippen LogP contribution >= 0.6 is 0 Å². The number of aromatic hydroxyl groups is 1. The van der Waals surface area contributed by atoms with Crippen molar-refractivity contribution in [1.29, 1.82) is 0 Å². The van der Waals surface area contributed by atoms with E-state index >= 15 is 0 Å². The predicted octanol–water partition coefficient (Wildman–Crippen LogP) is 3.88. The number of phenolic OH excluding ortho intramolecular Hbond substituents is 1. The number of allylic oxidation sites excluding steroid dienone is 1. The Labute approximate surface area is 130 Å². The molecule has 2 aromatic rings. The third-order valence-corrected chi connectivity index (χ3v) is 4.37. The van der Waals surface area contributed by atoms with Crippen molar-refractivity contribution in [3.8, 4) is 5.75 Å². The largest absolute Gasteiger partial charge is 0.508 e. The van der Waals surface area contributed by atoms with Gasteiger partial charge in [-0.25, -0.2) is 0 Å². The number of hydrogen-bond donors (Lipinski definition) is 1. The van der Waals surface area contributed by atoms with Crippen molar-refractivity contribution in [2.45, 2.75) is 18.4 Å². The van der Waals surface area contributed by atoms with Gasteiger partial charge >= 0.3 is 0 Å². The summed E-state index contributed by atoms with van der Waals surface area (Å²) < 4.78 is 0. The van der Waals surface area contributed by atoms with E-state index in [0.29, 0.717) is 0 Å². The molecular weight excluding hydrogens is 274 g/mol. The van der Waals surface area contributed by atoms with Gasteiger partial charge in [0.2, 0.25) is 0 Å². The second-order valence-electron chi connectivity index (χ2n) is 5.67. The van der Waals surface area contributed by atoms with Crippen LogP contribution in [0.5, 0.6) is 5.75 Å². The summed E-state index contributed by atoms with van der Waals surface area (Å²) in [5.74, 6) is 0.432. The topological polar surface area (TPSA) is 40.5 Å². The molecule has 1 aliphatic rings. The lowest BCUT2D eigenvalue weighted by molar-refractivity contribution is 0.0755. The molecule has 1 N–H and O–H groups in total. The van der Waals surface area contributed by atoms with E-state index < -0.39 is 0 Å². The van der Waals surface area contributed by atoms with Crippen LogP contribution in [-0.4, -0.2) is 23.0 Å². The Hall–Kier alpha value is -2.55. The summed E-state index contributed by atoms with van der Waals surface area (Å²) in [5, 5.41) is 9.50. The maximum atomic E-state index is 12.5. The molecule has 0 saturated heterocycles. The summed E-state index contributed by atoms with van der Waals surface area (Å²) in [6.07, 6.45) is 2.65. The molecule has 3 rings (SSSR count). The first-order chi connectivity index (χ1) is 10.6. The van der Waals surface area contributed by atoms with Crippen LogP contribution in [0.25, 0.3) is 0 Å². The fourth-order valence-corrected chi connectivity index (χ4v) is 3.31. The zero-order valence-corrected chi connectivity index (χ0v) is 12.6. The fraction of sp³-hybridized carbons (Fsp3) is 0.211. The molecule has 1 aliphatic heterocycles. The van der Waals surface area contributed by atoms with Crippen molar-refractivity contribution in [1.82, 2.24) is 4.90 Å². The first kappa shape index (κ1) is 14.4. The minimum atomic E-state index is -0.00811. The third-order valence-electron chi connectivity index (χ3n) is 4.37. The number of likely N-dealkylation sites (N-methyl/N-ethyl adjacent to an activating group) is 1. The predicted molar refractivity (Wildman–Crippen MR) is 86.9 cm³/mol. The van der Waals surface area contributed by atoms with Crippen LogP contribution in [0.4, 0.5) is 0 Å². The van der Waals surface area contributed by atoms with E-state index in [1.54, 1.807) is 12.1 Å². The highest BCUT2D eigenvalue weighted by molar-refractivity contribution is 5.99. The van der Waals surface area contributed by atoms with E-state index in [9.17, 15) is 9.90 Å². The molecule has 2 aromatic carbocycles. The first-order valence-corrected chi connectivity index (χ1v) is 7.39. The summed E-state index contributed by atoms with van der Waals surface area (Å²) in [5.41, 5.74) is 2.94. The maximum absolute atomic E-state index is 12.5. The molecule has 112 valence electrons. The van der Waals surface area contributed by atoms with E-state index in [1.165, 1.54) is 0 Å². The SMILES string of the molecule is C=CCC(c1ccc(O)cc1)C1c2ccccc2C(=O)N1C. The maximum Gasteiger partial charge on any atom is 0.254 e. The Morgan fingerprint density at radius 2 is 1.91 bits per heavy atom. The van der Waals surface area contributed by atoms with Crippen molar-refractivity contribution in [3.63, 3.8) is 0 Å². The second-order valence-corrected chi connectivity index (χ2v) is 5.67. The second kappa shape index (κ2) is 5.68. The van der Waals surface area contributed by atoms with Crippen LogP contribution in [0.15, 0.2) is 61.2 Å². The van der Waals surface area contributed by atoms with E-state index in [4.69, 9.17) is 0 Å². The molecule has 1 heterocycles. The fourth-order valence-electron chi connectivity index (χ4n) is 3.31. The molecule has 0 saturated carbocycles. The molecule has 3 heteroatoms. The molecule has 0 bridgehead atoms. The zero-order valence-electron chi connectivity index (χ0n) is 12.6. The number of fused-ring (bicyclic) bond motifs is 1. The molecule has 22 heavy (non-hydrogen) atoms. The van der Waals surface area contributed by atoms with Crippen molar-refractivity contribution in [3.05, 3.63) is 77.9 Å². The van der Waals surface area contributed by atoms with Crippen LogP contribution in [0, 0.1) is 0 Å². The molecule has 0 aromatic heterocycles. The lowest BCUT2D eigenvalue weighted by Crippen LogP contribution is -2.27. The van der Waals surface area contributed by atoms with Crippen LogP contribution in [0.2, 0.25) is 0 Å².